The van der Waals surface area contributed by atoms with Crippen LogP contribution in [0, 0.1) is 0 Å². The number of fused-ring (bicyclic) bond motifs is 2. The van der Waals surface area contributed by atoms with Crippen molar-refractivity contribution in [3.63, 3.8) is 0 Å². The van der Waals surface area contributed by atoms with E-state index in [1.807, 2.05) is 11.8 Å². The van der Waals surface area contributed by atoms with Crippen molar-refractivity contribution in [2.24, 2.45) is 0 Å². The summed E-state index contributed by atoms with van der Waals surface area (Å²) >= 11 is 7.44. The van der Waals surface area contributed by atoms with E-state index in [0.717, 1.165) is 30.1 Å². The maximum Gasteiger partial charge on any atom is 0.106 e. The highest BCUT2D eigenvalue weighted by molar-refractivity contribution is 7.99. The van der Waals surface area contributed by atoms with Gasteiger partial charge in [0.2, 0.25) is 0 Å². The van der Waals surface area contributed by atoms with E-state index >= 15 is 0 Å². The van der Waals surface area contributed by atoms with Crippen LogP contribution in [0.1, 0.15) is 25.8 Å². The molecule has 0 aliphatic carbocycles. The first-order valence-corrected chi connectivity index (χ1v) is 10.4. The van der Waals surface area contributed by atoms with Gasteiger partial charge in [0.15, 0.2) is 0 Å². The van der Waals surface area contributed by atoms with E-state index in [0.29, 0.717) is 6.04 Å². The summed E-state index contributed by atoms with van der Waals surface area (Å²) in [6.45, 7) is 6.34. The van der Waals surface area contributed by atoms with E-state index in [4.69, 9.17) is 12.2 Å². The lowest BCUT2D eigenvalue weighted by atomic mass is 10.1. The largest absolute Gasteiger partial charge is 0.376 e. The number of thiocarbonyl (C=S) groups is 1. The Morgan fingerprint density at radius 3 is 2.62 bits per heavy atom. The monoisotopic (exact) mass is 385 g/mol. The first kappa shape index (κ1) is 19.2. The average Bonchev–Trinajstić information content (AvgIpc) is 2.62. The predicted octanol–water partition coefficient (Wildman–Crippen LogP) is 4.91. The van der Waals surface area contributed by atoms with Crippen LogP contribution in [0.5, 0.6) is 0 Å². The summed E-state index contributed by atoms with van der Waals surface area (Å²) in [6, 6.07) is 15.6. The number of nitrogens with zero attached hydrogens (tertiary/aromatic N) is 2. The molecule has 1 heterocycles. The Morgan fingerprint density at radius 2 is 1.88 bits per heavy atom. The standard InChI is InChI=1S/C21H27N3S2/c1-5-12-22-21(25)16-10-11-20-18(13-16)24(15(2)14-23(3)4)17-8-6-7-9-19(17)26-20/h6-11,13,15H,5,12,14H2,1-4H3,(H,22,25). The van der Waals surface area contributed by atoms with Crippen molar-refractivity contribution in [2.75, 3.05) is 32.1 Å². The molecule has 1 N–H and O–H groups in total. The van der Waals surface area contributed by atoms with Crippen LogP contribution in [-0.4, -0.2) is 43.1 Å². The molecule has 26 heavy (non-hydrogen) atoms. The van der Waals surface area contributed by atoms with Crippen LogP contribution in [0.25, 0.3) is 0 Å². The maximum atomic E-state index is 5.60. The Hall–Kier alpha value is -1.56. The lowest BCUT2D eigenvalue weighted by Gasteiger charge is -2.38. The van der Waals surface area contributed by atoms with Gasteiger partial charge in [-0.3, -0.25) is 0 Å². The van der Waals surface area contributed by atoms with Gasteiger partial charge in [-0.2, -0.15) is 0 Å². The maximum absolute atomic E-state index is 5.60. The minimum absolute atomic E-state index is 0.359. The van der Waals surface area contributed by atoms with Gasteiger partial charge in [0.25, 0.3) is 0 Å². The molecule has 1 aliphatic heterocycles. The highest BCUT2D eigenvalue weighted by atomic mass is 32.2. The Balaban J connectivity index is 2.02. The minimum Gasteiger partial charge on any atom is -0.376 e. The van der Waals surface area contributed by atoms with Gasteiger partial charge in [-0.1, -0.05) is 49.1 Å². The fourth-order valence-corrected chi connectivity index (χ4v) is 4.63. The molecule has 0 spiro atoms. The highest BCUT2D eigenvalue weighted by Gasteiger charge is 2.27. The molecule has 0 amide bonds. The molecule has 1 atom stereocenters. The average molecular weight is 386 g/mol. The van der Waals surface area contributed by atoms with Crippen molar-refractivity contribution < 1.29 is 0 Å². The van der Waals surface area contributed by atoms with Crippen molar-refractivity contribution in [3.05, 3.63) is 48.0 Å². The van der Waals surface area contributed by atoms with Crippen molar-refractivity contribution in [2.45, 2.75) is 36.1 Å². The molecule has 0 aromatic heterocycles. The van der Waals surface area contributed by atoms with Crippen molar-refractivity contribution >= 4 is 40.3 Å². The van der Waals surface area contributed by atoms with Crippen LogP contribution < -0.4 is 10.2 Å². The number of hydrogen-bond acceptors (Lipinski definition) is 4. The second kappa shape index (κ2) is 8.42. The second-order valence-corrected chi connectivity index (χ2v) is 8.48. The highest BCUT2D eigenvalue weighted by Crippen LogP contribution is 2.49. The Morgan fingerprint density at radius 1 is 1.15 bits per heavy atom. The molecule has 0 fully saturated rings. The number of benzene rings is 2. The molecule has 138 valence electrons. The smallest absolute Gasteiger partial charge is 0.106 e. The summed E-state index contributed by atoms with van der Waals surface area (Å²) in [4.78, 5) is 8.14. The summed E-state index contributed by atoms with van der Waals surface area (Å²) in [5.41, 5.74) is 3.62. The van der Waals surface area contributed by atoms with Gasteiger partial charge in [-0.05, 0) is 51.7 Å². The molecule has 1 aliphatic rings. The fraction of sp³-hybridized carbons (Fsp3) is 0.381. The zero-order valence-corrected chi connectivity index (χ0v) is 17.6. The lowest BCUT2D eigenvalue weighted by Crippen LogP contribution is -2.38. The molecule has 1 unspecified atom stereocenters. The van der Waals surface area contributed by atoms with Crippen molar-refractivity contribution in [1.82, 2.24) is 10.2 Å². The van der Waals surface area contributed by atoms with Crippen LogP contribution in [0.4, 0.5) is 11.4 Å². The van der Waals surface area contributed by atoms with E-state index in [1.54, 1.807) is 0 Å². The van der Waals surface area contributed by atoms with Crippen LogP contribution in [0.2, 0.25) is 0 Å². The third kappa shape index (κ3) is 4.05. The van der Waals surface area contributed by atoms with Crippen molar-refractivity contribution in [3.8, 4) is 0 Å². The van der Waals surface area contributed by atoms with Gasteiger partial charge < -0.3 is 15.1 Å². The molecule has 3 nitrogen and oxygen atoms in total. The first-order valence-electron chi connectivity index (χ1n) is 9.14. The van der Waals surface area contributed by atoms with Crippen LogP contribution in [0.3, 0.4) is 0 Å². The SMILES string of the molecule is CCCNC(=S)c1ccc2c(c1)N(C(C)CN(C)C)c1ccccc1S2. The molecule has 0 bridgehead atoms. The van der Waals surface area contributed by atoms with Crippen molar-refractivity contribution in [1.29, 1.82) is 0 Å². The Bertz CT molecular complexity index is 789. The van der Waals surface area contributed by atoms with Gasteiger partial charge in [0, 0.05) is 34.5 Å². The molecule has 0 saturated heterocycles. The lowest BCUT2D eigenvalue weighted by molar-refractivity contribution is 0.380. The Labute approximate surface area is 166 Å². The predicted molar refractivity (Wildman–Crippen MR) is 117 cm³/mol. The molecular formula is C21H27N3S2. The zero-order chi connectivity index (χ0) is 18.7. The minimum atomic E-state index is 0.359. The van der Waals surface area contributed by atoms with Gasteiger partial charge in [0.1, 0.15) is 4.99 Å². The summed E-state index contributed by atoms with van der Waals surface area (Å²) < 4.78 is 0. The molecule has 5 heteroatoms. The number of anilines is 2. The number of para-hydroxylation sites is 1. The van der Waals surface area contributed by atoms with E-state index in [2.05, 4.69) is 85.5 Å². The summed E-state index contributed by atoms with van der Waals surface area (Å²) in [6.07, 6.45) is 1.07. The molecular weight excluding hydrogens is 358 g/mol. The molecule has 0 saturated carbocycles. The summed E-state index contributed by atoms with van der Waals surface area (Å²) in [5, 5.41) is 3.35. The van der Waals surface area contributed by atoms with Gasteiger partial charge in [0.05, 0.1) is 11.4 Å². The van der Waals surface area contributed by atoms with Gasteiger partial charge >= 0.3 is 0 Å². The number of rotatable bonds is 6. The quantitative estimate of drug-likeness (QED) is 0.710. The van der Waals surface area contributed by atoms with E-state index in [9.17, 15) is 0 Å². The third-order valence-electron chi connectivity index (χ3n) is 4.43. The third-order valence-corrected chi connectivity index (χ3v) is 5.94. The zero-order valence-electron chi connectivity index (χ0n) is 16.0. The normalized spacial score (nSPS) is 14.0. The molecule has 2 aromatic carbocycles. The van der Waals surface area contributed by atoms with Gasteiger partial charge in [-0.15, -0.1) is 0 Å². The second-order valence-electron chi connectivity index (χ2n) is 6.99. The summed E-state index contributed by atoms with van der Waals surface area (Å²) in [7, 11) is 4.25. The van der Waals surface area contributed by atoms with E-state index in [1.165, 1.54) is 21.2 Å². The topological polar surface area (TPSA) is 18.5 Å². The van der Waals surface area contributed by atoms with Crippen LogP contribution >= 0.6 is 24.0 Å². The van der Waals surface area contributed by atoms with Crippen LogP contribution in [-0.2, 0) is 0 Å². The van der Waals surface area contributed by atoms with E-state index in [-0.39, 0.29) is 0 Å². The van der Waals surface area contributed by atoms with Gasteiger partial charge in [-0.25, -0.2) is 0 Å². The fourth-order valence-electron chi connectivity index (χ4n) is 3.35. The number of likely N-dealkylation sites (N-methyl/N-ethyl adjacent to an activating group) is 1. The molecule has 3 rings (SSSR count). The van der Waals surface area contributed by atoms with E-state index < -0.39 is 0 Å². The number of nitrogens with one attached hydrogen (secondary N) is 1. The first-order chi connectivity index (χ1) is 12.5. The molecule has 2 aromatic rings. The Kier molecular flexibility index (Phi) is 6.22. The van der Waals surface area contributed by atoms with Crippen LogP contribution in [0.15, 0.2) is 52.3 Å². The summed E-state index contributed by atoms with van der Waals surface area (Å²) in [5.74, 6) is 0. The number of hydrogen-bond donors (Lipinski definition) is 1. The molecule has 0 radical (unpaired) electrons.